The summed E-state index contributed by atoms with van der Waals surface area (Å²) < 4.78 is 17.1. The third-order valence-corrected chi connectivity index (χ3v) is 3.76. The number of rotatable bonds is 3. The van der Waals surface area contributed by atoms with Crippen LogP contribution in [0.1, 0.15) is 17.3 Å². The van der Waals surface area contributed by atoms with Gasteiger partial charge in [0.25, 0.3) is 0 Å². The van der Waals surface area contributed by atoms with E-state index in [0.717, 1.165) is 10.2 Å². The highest BCUT2D eigenvalue weighted by Gasteiger charge is 2.22. The normalized spacial score (nSPS) is 12.7. The lowest BCUT2D eigenvalue weighted by Gasteiger charge is -2.18. The molecule has 0 aliphatic carbocycles. The molecule has 0 fully saturated rings. The predicted octanol–water partition coefficient (Wildman–Crippen LogP) is 2.64. The number of aryl methyl sites for hydroxylation is 1. The van der Waals surface area contributed by atoms with Gasteiger partial charge in [-0.3, -0.25) is 10.5 Å². The van der Waals surface area contributed by atoms with Crippen LogP contribution in [-0.2, 0) is 7.05 Å². The van der Waals surface area contributed by atoms with Crippen molar-refractivity contribution >= 4 is 31.9 Å². The number of hydrogen-bond donors (Lipinski definition) is 2. The van der Waals surface area contributed by atoms with Crippen molar-refractivity contribution in [1.82, 2.24) is 15.2 Å². The van der Waals surface area contributed by atoms with E-state index in [0.29, 0.717) is 10.0 Å². The van der Waals surface area contributed by atoms with Crippen LogP contribution >= 0.6 is 31.9 Å². The van der Waals surface area contributed by atoms with E-state index >= 15 is 0 Å². The van der Waals surface area contributed by atoms with Crippen molar-refractivity contribution < 1.29 is 4.39 Å². The molecule has 2 aromatic rings. The van der Waals surface area contributed by atoms with Gasteiger partial charge in [-0.15, -0.1) is 0 Å². The summed E-state index contributed by atoms with van der Waals surface area (Å²) in [7, 11) is 1.78. The molecule has 0 bridgehead atoms. The fourth-order valence-electron chi connectivity index (χ4n) is 1.80. The van der Waals surface area contributed by atoms with Crippen molar-refractivity contribution in [2.24, 2.45) is 12.9 Å². The maximum atomic E-state index is 14.0. The minimum Gasteiger partial charge on any atom is -0.271 e. The Bertz CT molecular complexity index is 551. The molecular weight excluding hydrogens is 367 g/mol. The van der Waals surface area contributed by atoms with Crippen molar-refractivity contribution in [3.05, 3.63) is 50.4 Å². The van der Waals surface area contributed by atoms with Gasteiger partial charge in [-0.25, -0.2) is 9.82 Å². The smallest absolute Gasteiger partial charge is 0.129 e. The average Bonchev–Trinajstić information content (AvgIpc) is 2.64. The molecule has 7 heteroatoms. The fourth-order valence-corrected chi connectivity index (χ4v) is 2.71. The summed E-state index contributed by atoms with van der Waals surface area (Å²) in [5, 5.41) is 4.10. The van der Waals surface area contributed by atoms with Gasteiger partial charge in [-0.05, 0) is 28.1 Å². The molecule has 1 heterocycles. The summed E-state index contributed by atoms with van der Waals surface area (Å²) in [5.41, 5.74) is 3.84. The molecule has 0 aliphatic heterocycles. The maximum absolute atomic E-state index is 14.0. The lowest BCUT2D eigenvalue weighted by Crippen LogP contribution is -2.31. The van der Waals surface area contributed by atoms with E-state index in [4.69, 9.17) is 5.84 Å². The minimum absolute atomic E-state index is 0.333. The second-order valence-electron chi connectivity index (χ2n) is 3.77. The summed E-state index contributed by atoms with van der Waals surface area (Å²) in [6.07, 6.45) is 1.65. The Morgan fingerprint density at radius 1 is 1.44 bits per heavy atom. The Morgan fingerprint density at radius 2 is 2.17 bits per heavy atom. The Kier molecular flexibility index (Phi) is 4.16. The SMILES string of the molecule is Cn1ncc(Br)c1C(NN)c1ccc(Br)cc1F. The third-order valence-electron chi connectivity index (χ3n) is 2.65. The Labute approximate surface area is 121 Å². The van der Waals surface area contributed by atoms with Crippen LogP contribution in [0, 0.1) is 5.82 Å². The molecule has 0 spiro atoms. The largest absolute Gasteiger partial charge is 0.271 e. The van der Waals surface area contributed by atoms with Crippen molar-refractivity contribution in [2.45, 2.75) is 6.04 Å². The first-order chi connectivity index (χ1) is 8.54. The highest BCUT2D eigenvalue weighted by atomic mass is 79.9. The van der Waals surface area contributed by atoms with Crippen LogP contribution in [0.15, 0.2) is 33.3 Å². The van der Waals surface area contributed by atoms with Crippen LogP contribution in [0.2, 0.25) is 0 Å². The molecule has 2 rings (SSSR count). The molecule has 0 saturated heterocycles. The number of benzene rings is 1. The molecule has 96 valence electrons. The van der Waals surface area contributed by atoms with Gasteiger partial charge in [0.05, 0.1) is 22.4 Å². The summed E-state index contributed by atoms with van der Waals surface area (Å²) in [4.78, 5) is 0. The second kappa shape index (κ2) is 5.48. The number of nitrogens with zero attached hydrogens (tertiary/aromatic N) is 2. The number of nitrogens with two attached hydrogens (primary N) is 1. The lowest BCUT2D eigenvalue weighted by atomic mass is 10.0. The first kappa shape index (κ1) is 13.7. The van der Waals surface area contributed by atoms with Crippen LogP contribution in [0.5, 0.6) is 0 Å². The molecule has 0 saturated carbocycles. The summed E-state index contributed by atoms with van der Waals surface area (Å²) >= 11 is 6.61. The molecule has 3 N–H and O–H groups in total. The Morgan fingerprint density at radius 3 is 2.67 bits per heavy atom. The van der Waals surface area contributed by atoms with Crippen molar-refractivity contribution in [3.63, 3.8) is 0 Å². The van der Waals surface area contributed by atoms with E-state index < -0.39 is 6.04 Å². The van der Waals surface area contributed by atoms with E-state index in [1.807, 2.05) is 0 Å². The molecule has 1 aromatic carbocycles. The zero-order valence-corrected chi connectivity index (χ0v) is 12.7. The number of halogens is 3. The highest BCUT2D eigenvalue weighted by Crippen LogP contribution is 2.30. The molecule has 1 atom stereocenters. The molecular formula is C11H11Br2FN4. The van der Waals surface area contributed by atoms with Gasteiger partial charge < -0.3 is 0 Å². The molecule has 1 unspecified atom stereocenters. The zero-order chi connectivity index (χ0) is 13.3. The summed E-state index contributed by atoms with van der Waals surface area (Å²) in [6.45, 7) is 0. The quantitative estimate of drug-likeness (QED) is 0.638. The minimum atomic E-state index is -0.472. The number of hydrogen-bond acceptors (Lipinski definition) is 3. The average molecular weight is 378 g/mol. The summed E-state index contributed by atoms with van der Waals surface area (Å²) in [5.74, 6) is 5.22. The first-order valence-corrected chi connectivity index (χ1v) is 6.71. The van der Waals surface area contributed by atoms with E-state index in [1.54, 1.807) is 30.1 Å². The van der Waals surface area contributed by atoms with E-state index in [2.05, 4.69) is 42.4 Å². The van der Waals surface area contributed by atoms with Crippen molar-refractivity contribution in [2.75, 3.05) is 0 Å². The fraction of sp³-hybridized carbons (Fsp3) is 0.182. The third kappa shape index (κ3) is 2.49. The van der Waals surface area contributed by atoms with Crippen LogP contribution in [0.25, 0.3) is 0 Å². The highest BCUT2D eigenvalue weighted by molar-refractivity contribution is 9.10. The topological polar surface area (TPSA) is 55.9 Å². The van der Waals surface area contributed by atoms with Crippen LogP contribution in [0.4, 0.5) is 4.39 Å². The lowest BCUT2D eigenvalue weighted by molar-refractivity contribution is 0.531. The molecule has 0 radical (unpaired) electrons. The van der Waals surface area contributed by atoms with Gasteiger partial charge in [0.2, 0.25) is 0 Å². The molecule has 1 aromatic heterocycles. The van der Waals surface area contributed by atoms with Gasteiger partial charge >= 0.3 is 0 Å². The monoisotopic (exact) mass is 376 g/mol. The van der Waals surface area contributed by atoms with E-state index in [9.17, 15) is 4.39 Å². The Balaban J connectivity index is 2.52. The zero-order valence-electron chi connectivity index (χ0n) is 9.49. The number of hydrazine groups is 1. The Hall–Kier alpha value is -0.760. The van der Waals surface area contributed by atoms with Crippen LogP contribution < -0.4 is 11.3 Å². The van der Waals surface area contributed by atoms with Crippen LogP contribution in [-0.4, -0.2) is 9.78 Å². The van der Waals surface area contributed by atoms with Crippen molar-refractivity contribution in [1.29, 1.82) is 0 Å². The standard InChI is InChI=1S/C11H11Br2FN4/c1-18-11(8(13)5-16-18)10(17-15)7-3-2-6(12)4-9(7)14/h2-5,10,17H,15H2,1H3. The predicted molar refractivity (Wildman–Crippen MR) is 74.2 cm³/mol. The second-order valence-corrected chi connectivity index (χ2v) is 5.54. The molecule has 0 aliphatic rings. The van der Waals surface area contributed by atoms with Gasteiger partial charge in [-0.1, -0.05) is 22.0 Å². The van der Waals surface area contributed by atoms with Gasteiger partial charge in [0.15, 0.2) is 0 Å². The van der Waals surface area contributed by atoms with Gasteiger partial charge in [-0.2, -0.15) is 5.10 Å². The van der Waals surface area contributed by atoms with Gasteiger partial charge in [0.1, 0.15) is 5.82 Å². The van der Waals surface area contributed by atoms with E-state index in [-0.39, 0.29) is 5.82 Å². The molecule has 4 nitrogen and oxygen atoms in total. The van der Waals surface area contributed by atoms with Crippen LogP contribution in [0.3, 0.4) is 0 Å². The number of nitrogens with one attached hydrogen (secondary N) is 1. The maximum Gasteiger partial charge on any atom is 0.129 e. The van der Waals surface area contributed by atoms with E-state index in [1.165, 1.54) is 6.07 Å². The van der Waals surface area contributed by atoms with Gasteiger partial charge in [0, 0.05) is 17.1 Å². The number of aromatic nitrogens is 2. The first-order valence-electron chi connectivity index (χ1n) is 5.13. The summed E-state index contributed by atoms with van der Waals surface area (Å²) in [6, 6.07) is 4.39. The van der Waals surface area contributed by atoms with Crippen molar-refractivity contribution in [3.8, 4) is 0 Å². The molecule has 18 heavy (non-hydrogen) atoms. The molecule has 0 amide bonds.